The molecule has 0 saturated carbocycles. The molecule has 0 spiro atoms. The molecule has 1 amide bonds. The molecule has 3 nitrogen and oxygen atoms in total. The lowest BCUT2D eigenvalue weighted by Gasteiger charge is -2.28. The van der Waals surface area contributed by atoms with E-state index in [9.17, 15) is 4.79 Å². The van der Waals surface area contributed by atoms with Crippen LogP contribution in [0.25, 0.3) is 0 Å². The highest BCUT2D eigenvalue weighted by Gasteiger charge is 2.20. The van der Waals surface area contributed by atoms with Crippen LogP contribution in [0.5, 0.6) is 0 Å². The maximum atomic E-state index is 12.7. The zero-order chi connectivity index (χ0) is 16.0. The van der Waals surface area contributed by atoms with Crippen LogP contribution in [0, 0.1) is 24.7 Å². The van der Waals surface area contributed by atoms with Gasteiger partial charge in [0.2, 0.25) is 0 Å². The predicted octanol–water partition coefficient (Wildman–Crippen LogP) is 2.85. The molecule has 1 aromatic rings. The van der Waals surface area contributed by atoms with E-state index >= 15 is 0 Å². The van der Waals surface area contributed by atoms with Crippen LogP contribution in [0.3, 0.4) is 0 Å². The zero-order valence-electron chi connectivity index (χ0n) is 13.6. The molecular weight excluding hydrogens is 262 g/mol. The van der Waals surface area contributed by atoms with Crippen molar-refractivity contribution in [1.29, 1.82) is 0 Å². The van der Waals surface area contributed by atoms with Crippen LogP contribution in [-0.4, -0.2) is 35.1 Å². The Bertz CT molecular complexity index is 550. The first-order valence-electron chi connectivity index (χ1n) is 7.38. The van der Waals surface area contributed by atoms with Crippen LogP contribution in [0.2, 0.25) is 0 Å². The standard InChI is InChI=1S/C18H25NO2/c1-13(2)12-19(14(3)4)18(21)17-9-8-15(5)16(11-17)7-6-10-20/h8-9,11,13-14,20H,10,12H2,1-5H3. The maximum absolute atomic E-state index is 12.7. The monoisotopic (exact) mass is 287 g/mol. The minimum absolute atomic E-state index is 0.0331. The van der Waals surface area contributed by atoms with E-state index in [1.807, 2.05) is 43.9 Å². The molecule has 1 rings (SSSR count). The molecule has 0 atom stereocenters. The molecule has 3 heteroatoms. The van der Waals surface area contributed by atoms with Crippen LogP contribution in [0.15, 0.2) is 18.2 Å². The second-order valence-corrected chi connectivity index (χ2v) is 5.93. The van der Waals surface area contributed by atoms with Gasteiger partial charge in [0, 0.05) is 23.7 Å². The molecule has 0 radical (unpaired) electrons. The molecular formula is C18H25NO2. The Labute approximate surface area is 128 Å². The van der Waals surface area contributed by atoms with E-state index in [0.29, 0.717) is 11.5 Å². The Kier molecular flexibility index (Phi) is 6.45. The lowest BCUT2D eigenvalue weighted by molar-refractivity contribution is 0.0682. The van der Waals surface area contributed by atoms with Crippen LogP contribution in [0.4, 0.5) is 0 Å². The van der Waals surface area contributed by atoms with Gasteiger partial charge in [-0.25, -0.2) is 0 Å². The van der Waals surface area contributed by atoms with Gasteiger partial charge in [-0.2, -0.15) is 0 Å². The van der Waals surface area contributed by atoms with Gasteiger partial charge < -0.3 is 10.0 Å². The van der Waals surface area contributed by atoms with Gasteiger partial charge in [-0.3, -0.25) is 4.79 Å². The number of aliphatic hydroxyl groups excluding tert-OH is 1. The molecule has 0 bridgehead atoms. The second kappa shape index (κ2) is 7.85. The molecule has 0 aromatic heterocycles. The van der Waals surface area contributed by atoms with Gasteiger partial charge in [-0.15, -0.1) is 0 Å². The summed E-state index contributed by atoms with van der Waals surface area (Å²) < 4.78 is 0. The first-order valence-corrected chi connectivity index (χ1v) is 7.38. The fourth-order valence-electron chi connectivity index (χ4n) is 2.11. The van der Waals surface area contributed by atoms with Crippen LogP contribution < -0.4 is 0 Å². The third kappa shape index (κ3) is 4.91. The van der Waals surface area contributed by atoms with E-state index < -0.39 is 0 Å². The fourth-order valence-corrected chi connectivity index (χ4v) is 2.11. The van der Waals surface area contributed by atoms with Gasteiger partial charge >= 0.3 is 0 Å². The Morgan fingerprint density at radius 3 is 2.48 bits per heavy atom. The number of carbonyl (C=O) groups excluding carboxylic acids is 1. The number of aliphatic hydroxyl groups is 1. The van der Waals surface area contributed by atoms with Crippen molar-refractivity contribution in [2.24, 2.45) is 5.92 Å². The third-order valence-electron chi connectivity index (χ3n) is 3.23. The van der Waals surface area contributed by atoms with Crippen molar-refractivity contribution in [2.75, 3.05) is 13.2 Å². The zero-order valence-corrected chi connectivity index (χ0v) is 13.6. The molecule has 1 aromatic carbocycles. The topological polar surface area (TPSA) is 40.5 Å². The molecule has 21 heavy (non-hydrogen) atoms. The van der Waals surface area contributed by atoms with Crippen molar-refractivity contribution in [2.45, 2.75) is 40.7 Å². The summed E-state index contributed by atoms with van der Waals surface area (Å²) in [6, 6.07) is 5.73. The van der Waals surface area contributed by atoms with E-state index in [4.69, 9.17) is 5.11 Å². The molecule has 1 N–H and O–H groups in total. The molecule has 0 heterocycles. The number of nitrogens with zero attached hydrogens (tertiary/aromatic N) is 1. The molecule has 0 unspecified atom stereocenters. The van der Waals surface area contributed by atoms with Gasteiger partial charge in [0.1, 0.15) is 6.61 Å². The highest BCUT2D eigenvalue weighted by molar-refractivity contribution is 5.95. The number of carbonyl (C=O) groups is 1. The summed E-state index contributed by atoms with van der Waals surface area (Å²) in [5.74, 6) is 5.99. The summed E-state index contributed by atoms with van der Waals surface area (Å²) in [5, 5.41) is 8.81. The smallest absolute Gasteiger partial charge is 0.254 e. The minimum Gasteiger partial charge on any atom is -0.384 e. The number of hydrogen-bond donors (Lipinski definition) is 1. The van der Waals surface area contributed by atoms with E-state index in [1.165, 1.54) is 0 Å². The van der Waals surface area contributed by atoms with Gasteiger partial charge in [0.05, 0.1) is 0 Å². The van der Waals surface area contributed by atoms with E-state index in [-0.39, 0.29) is 18.6 Å². The van der Waals surface area contributed by atoms with Crippen molar-refractivity contribution in [3.8, 4) is 11.8 Å². The average Bonchev–Trinajstić information content (AvgIpc) is 2.42. The summed E-state index contributed by atoms with van der Waals surface area (Å²) in [6.45, 7) is 10.8. The SMILES string of the molecule is Cc1ccc(C(=O)N(CC(C)C)C(C)C)cc1C#CCO. The van der Waals surface area contributed by atoms with Gasteiger partial charge in [0.15, 0.2) is 0 Å². The molecule has 0 fully saturated rings. The van der Waals surface area contributed by atoms with E-state index in [0.717, 1.165) is 17.7 Å². The molecule has 114 valence electrons. The molecule has 0 saturated heterocycles. The predicted molar refractivity (Wildman–Crippen MR) is 86.2 cm³/mol. The van der Waals surface area contributed by atoms with Gasteiger partial charge in [0.25, 0.3) is 5.91 Å². The third-order valence-corrected chi connectivity index (χ3v) is 3.23. The second-order valence-electron chi connectivity index (χ2n) is 5.93. The van der Waals surface area contributed by atoms with E-state index in [1.54, 1.807) is 0 Å². The number of rotatable bonds is 4. The number of aryl methyl sites for hydroxylation is 1. The lowest BCUT2D eigenvalue weighted by atomic mass is 10.0. The minimum atomic E-state index is -0.177. The van der Waals surface area contributed by atoms with Crippen molar-refractivity contribution < 1.29 is 9.90 Å². The fraction of sp³-hybridized carbons (Fsp3) is 0.500. The first kappa shape index (κ1) is 17.3. The number of amides is 1. The first-order chi connectivity index (χ1) is 9.86. The van der Waals surface area contributed by atoms with Crippen molar-refractivity contribution in [3.63, 3.8) is 0 Å². The largest absolute Gasteiger partial charge is 0.384 e. The summed E-state index contributed by atoms with van der Waals surface area (Å²) in [7, 11) is 0. The van der Waals surface area contributed by atoms with Crippen molar-refractivity contribution >= 4 is 5.91 Å². The molecule has 0 aliphatic rings. The van der Waals surface area contributed by atoms with Crippen LogP contribution in [0.1, 0.15) is 49.2 Å². The lowest BCUT2D eigenvalue weighted by Crippen LogP contribution is -2.39. The maximum Gasteiger partial charge on any atom is 0.254 e. The highest BCUT2D eigenvalue weighted by Crippen LogP contribution is 2.15. The highest BCUT2D eigenvalue weighted by atomic mass is 16.2. The average molecular weight is 287 g/mol. The number of hydrogen-bond acceptors (Lipinski definition) is 2. The van der Waals surface area contributed by atoms with Crippen molar-refractivity contribution in [1.82, 2.24) is 4.90 Å². The Balaban J connectivity index is 3.10. The molecule has 0 aliphatic heterocycles. The number of benzene rings is 1. The Morgan fingerprint density at radius 1 is 1.29 bits per heavy atom. The summed E-state index contributed by atoms with van der Waals surface area (Å²) in [4.78, 5) is 14.6. The summed E-state index contributed by atoms with van der Waals surface area (Å²) in [5.41, 5.74) is 2.45. The Hall–Kier alpha value is -1.79. The van der Waals surface area contributed by atoms with Crippen molar-refractivity contribution in [3.05, 3.63) is 34.9 Å². The van der Waals surface area contributed by atoms with Crippen LogP contribution in [-0.2, 0) is 0 Å². The Morgan fingerprint density at radius 2 is 1.95 bits per heavy atom. The summed E-state index contributed by atoms with van der Waals surface area (Å²) in [6.07, 6.45) is 0. The summed E-state index contributed by atoms with van der Waals surface area (Å²) >= 11 is 0. The van der Waals surface area contributed by atoms with E-state index in [2.05, 4.69) is 25.7 Å². The van der Waals surface area contributed by atoms with Gasteiger partial charge in [-0.05, 0) is 44.4 Å². The molecule has 0 aliphatic carbocycles. The van der Waals surface area contributed by atoms with Gasteiger partial charge in [-0.1, -0.05) is 31.8 Å². The normalized spacial score (nSPS) is 10.5. The quantitative estimate of drug-likeness (QED) is 0.865. The van der Waals surface area contributed by atoms with Crippen LogP contribution >= 0.6 is 0 Å².